The van der Waals surface area contributed by atoms with Gasteiger partial charge in [-0.25, -0.2) is 0 Å². The van der Waals surface area contributed by atoms with Gasteiger partial charge in [0.05, 0.1) is 11.4 Å². The van der Waals surface area contributed by atoms with Gasteiger partial charge in [-0.05, 0) is 77.6 Å². The van der Waals surface area contributed by atoms with E-state index in [1.54, 1.807) is 0 Å². The van der Waals surface area contributed by atoms with Crippen LogP contribution in [-0.2, 0) is 12.8 Å². The van der Waals surface area contributed by atoms with Gasteiger partial charge in [-0.2, -0.15) is 0 Å². The molecule has 2 nitrogen and oxygen atoms in total. The second kappa shape index (κ2) is 10.4. The van der Waals surface area contributed by atoms with Crippen LogP contribution in [-0.4, -0.2) is 9.97 Å². The molecule has 0 N–H and O–H groups in total. The van der Waals surface area contributed by atoms with E-state index in [1.807, 2.05) is 12.3 Å². The molecule has 180 valence electrons. The van der Waals surface area contributed by atoms with Crippen LogP contribution >= 0.6 is 0 Å². The molecule has 2 heterocycles. The van der Waals surface area contributed by atoms with Crippen LogP contribution in [0.3, 0.4) is 0 Å². The fourth-order valence-electron chi connectivity index (χ4n) is 5.32. The molecule has 2 aromatic heterocycles. The van der Waals surface area contributed by atoms with Crippen molar-refractivity contribution in [1.82, 2.24) is 9.97 Å². The maximum Gasteiger partial charge on any atom is 0.0786 e. The Kier molecular flexibility index (Phi) is 6.47. The van der Waals surface area contributed by atoms with Gasteiger partial charge < -0.3 is 0 Å². The van der Waals surface area contributed by atoms with Crippen molar-refractivity contribution < 1.29 is 0 Å². The number of rotatable bonds is 7. The molecule has 0 aliphatic heterocycles. The molecule has 6 rings (SSSR count). The van der Waals surface area contributed by atoms with E-state index in [-0.39, 0.29) is 0 Å². The lowest BCUT2D eigenvalue weighted by Crippen LogP contribution is -1.96. The van der Waals surface area contributed by atoms with Gasteiger partial charge >= 0.3 is 0 Å². The highest BCUT2D eigenvalue weighted by atomic mass is 14.7. The summed E-state index contributed by atoms with van der Waals surface area (Å²) in [6, 6.07) is 36.6. The normalized spacial score (nSPS) is 11.3. The number of aryl methyl sites for hydroxylation is 3. The van der Waals surface area contributed by atoms with Crippen LogP contribution in [0.5, 0.6) is 0 Å². The Morgan fingerprint density at radius 1 is 0.595 bits per heavy atom. The van der Waals surface area contributed by atoms with Crippen molar-refractivity contribution in [2.45, 2.75) is 32.6 Å². The summed E-state index contributed by atoms with van der Waals surface area (Å²) in [4.78, 5) is 9.72. The van der Waals surface area contributed by atoms with E-state index in [9.17, 15) is 0 Å². The topological polar surface area (TPSA) is 25.8 Å². The Labute approximate surface area is 218 Å². The van der Waals surface area contributed by atoms with Gasteiger partial charge in [-0.1, -0.05) is 91.0 Å². The van der Waals surface area contributed by atoms with Crippen molar-refractivity contribution in [3.05, 3.63) is 132 Å². The smallest absolute Gasteiger partial charge is 0.0786 e. The maximum atomic E-state index is 5.03. The van der Waals surface area contributed by atoms with E-state index in [1.165, 1.54) is 43.8 Å². The van der Waals surface area contributed by atoms with Gasteiger partial charge in [0.2, 0.25) is 0 Å². The number of benzene rings is 4. The van der Waals surface area contributed by atoms with Gasteiger partial charge in [-0.15, -0.1) is 0 Å². The summed E-state index contributed by atoms with van der Waals surface area (Å²) >= 11 is 0. The number of fused-ring (bicyclic) bond motifs is 2. The molecule has 0 amide bonds. The second-order valence-corrected chi connectivity index (χ2v) is 9.84. The second-order valence-electron chi connectivity index (χ2n) is 9.84. The summed E-state index contributed by atoms with van der Waals surface area (Å²) in [5.74, 6) is 0. The van der Waals surface area contributed by atoms with Crippen LogP contribution in [0.1, 0.15) is 29.5 Å². The van der Waals surface area contributed by atoms with Crippen LogP contribution in [0.25, 0.3) is 44.1 Å². The SMILES string of the molecule is Cc1cc(-c2ncc(CCCCc3ccc(-c4ccccc4)nc3)c3ccccc23)c2ccccc2c1. The first kappa shape index (κ1) is 23.1. The average molecular weight is 479 g/mol. The summed E-state index contributed by atoms with van der Waals surface area (Å²) in [5.41, 5.74) is 8.36. The molecule has 0 spiro atoms. The lowest BCUT2D eigenvalue weighted by atomic mass is 9.94. The fourth-order valence-corrected chi connectivity index (χ4v) is 5.32. The molecule has 6 aromatic rings. The molecule has 0 unspecified atom stereocenters. The molecular weight excluding hydrogens is 448 g/mol. The van der Waals surface area contributed by atoms with Crippen LogP contribution < -0.4 is 0 Å². The quantitative estimate of drug-likeness (QED) is 0.214. The highest BCUT2D eigenvalue weighted by Crippen LogP contribution is 2.34. The van der Waals surface area contributed by atoms with E-state index in [4.69, 9.17) is 4.98 Å². The monoisotopic (exact) mass is 478 g/mol. The van der Waals surface area contributed by atoms with Crippen molar-refractivity contribution in [3.63, 3.8) is 0 Å². The molecule has 37 heavy (non-hydrogen) atoms. The Hall–Kier alpha value is -4.30. The molecule has 0 bridgehead atoms. The standard InChI is InChI=1S/C35H30N2/c1-25-21-28-14-7-8-16-30(28)33(22-25)35-32-18-10-9-17-31(32)29(24-37-35)15-6-5-11-26-19-20-34(36-23-26)27-12-3-2-4-13-27/h2-4,7-10,12-14,16-24H,5-6,11,15H2,1H3. The third-order valence-electron chi connectivity index (χ3n) is 7.19. The highest BCUT2D eigenvalue weighted by molar-refractivity contribution is 6.04. The first-order chi connectivity index (χ1) is 18.3. The number of unbranched alkanes of at least 4 members (excludes halogenated alkanes) is 1. The van der Waals surface area contributed by atoms with Crippen molar-refractivity contribution >= 4 is 21.5 Å². The number of nitrogens with zero attached hydrogens (tertiary/aromatic N) is 2. The Balaban J connectivity index is 1.19. The zero-order valence-electron chi connectivity index (χ0n) is 21.2. The molecule has 0 saturated heterocycles. The summed E-state index contributed by atoms with van der Waals surface area (Å²) in [6.07, 6.45) is 8.45. The molecule has 0 atom stereocenters. The minimum atomic E-state index is 1.03. The predicted octanol–water partition coefficient (Wildman–Crippen LogP) is 8.99. The van der Waals surface area contributed by atoms with E-state index in [2.05, 4.69) is 115 Å². The van der Waals surface area contributed by atoms with E-state index >= 15 is 0 Å². The lowest BCUT2D eigenvalue weighted by molar-refractivity contribution is 0.734. The zero-order chi connectivity index (χ0) is 25.0. The summed E-state index contributed by atoms with van der Waals surface area (Å²) in [5, 5.41) is 5.06. The molecular formula is C35H30N2. The van der Waals surface area contributed by atoms with Gasteiger partial charge in [-0.3, -0.25) is 9.97 Å². The van der Waals surface area contributed by atoms with Crippen LogP contribution in [0.2, 0.25) is 0 Å². The molecule has 0 aliphatic rings. The summed E-state index contributed by atoms with van der Waals surface area (Å²) in [6.45, 7) is 2.16. The van der Waals surface area contributed by atoms with Crippen LogP contribution in [0.4, 0.5) is 0 Å². The molecule has 0 radical (unpaired) electrons. The Morgan fingerprint density at radius 3 is 2.14 bits per heavy atom. The zero-order valence-corrected chi connectivity index (χ0v) is 21.2. The number of hydrogen-bond acceptors (Lipinski definition) is 2. The van der Waals surface area contributed by atoms with Crippen LogP contribution in [0, 0.1) is 6.92 Å². The number of pyridine rings is 2. The van der Waals surface area contributed by atoms with Gasteiger partial charge in [0.1, 0.15) is 0 Å². The summed E-state index contributed by atoms with van der Waals surface area (Å²) < 4.78 is 0. The van der Waals surface area contributed by atoms with Gasteiger partial charge in [0.15, 0.2) is 0 Å². The van der Waals surface area contributed by atoms with Gasteiger partial charge in [0, 0.05) is 28.9 Å². The fraction of sp³-hybridized carbons (Fsp3) is 0.143. The Bertz CT molecular complexity index is 1670. The van der Waals surface area contributed by atoms with Gasteiger partial charge in [0.25, 0.3) is 0 Å². The van der Waals surface area contributed by atoms with Crippen molar-refractivity contribution in [1.29, 1.82) is 0 Å². The predicted molar refractivity (Wildman–Crippen MR) is 156 cm³/mol. The minimum Gasteiger partial charge on any atom is -0.256 e. The molecule has 0 aliphatic carbocycles. The Morgan fingerprint density at radius 2 is 1.32 bits per heavy atom. The van der Waals surface area contributed by atoms with E-state index in [0.717, 1.165) is 42.6 Å². The minimum absolute atomic E-state index is 1.03. The third-order valence-corrected chi connectivity index (χ3v) is 7.19. The maximum absolute atomic E-state index is 5.03. The summed E-state index contributed by atoms with van der Waals surface area (Å²) in [7, 11) is 0. The highest BCUT2D eigenvalue weighted by Gasteiger charge is 2.12. The number of aromatic nitrogens is 2. The van der Waals surface area contributed by atoms with Crippen molar-refractivity contribution in [3.8, 4) is 22.5 Å². The average Bonchev–Trinajstić information content (AvgIpc) is 2.95. The van der Waals surface area contributed by atoms with Crippen molar-refractivity contribution in [2.24, 2.45) is 0 Å². The van der Waals surface area contributed by atoms with E-state index < -0.39 is 0 Å². The molecule has 0 fully saturated rings. The first-order valence-corrected chi connectivity index (χ1v) is 13.1. The van der Waals surface area contributed by atoms with E-state index in [0.29, 0.717) is 0 Å². The van der Waals surface area contributed by atoms with Crippen LogP contribution in [0.15, 0.2) is 116 Å². The van der Waals surface area contributed by atoms with Crippen molar-refractivity contribution in [2.75, 3.05) is 0 Å². The molecule has 2 heteroatoms. The third kappa shape index (κ3) is 4.88. The molecule has 0 saturated carbocycles. The number of hydrogen-bond donors (Lipinski definition) is 0. The largest absolute Gasteiger partial charge is 0.256 e. The molecule has 4 aromatic carbocycles. The first-order valence-electron chi connectivity index (χ1n) is 13.1. The lowest BCUT2D eigenvalue weighted by Gasteiger charge is -2.13.